The van der Waals surface area contributed by atoms with E-state index in [2.05, 4.69) is 15.0 Å². The van der Waals surface area contributed by atoms with E-state index in [1.807, 2.05) is 11.8 Å². The van der Waals surface area contributed by atoms with Crippen LogP contribution < -0.4 is 11.4 Å². The molecule has 5 nitrogen and oxygen atoms in total. The average molecular weight is 212 g/mol. The number of nitrogens with zero attached hydrogens (tertiary/aromatic N) is 2. The molecule has 1 fully saturated rings. The van der Waals surface area contributed by atoms with Gasteiger partial charge in [-0.05, 0) is 18.6 Å². The quantitative estimate of drug-likeness (QED) is 0.716. The fourth-order valence-electron chi connectivity index (χ4n) is 1.53. The Labute approximate surface area is 85.5 Å². The molecule has 0 radical (unpaired) electrons. The molecule has 1 aromatic rings. The number of nitrogen functional groups attached to an aromatic ring is 1. The van der Waals surface area contributed by atoms with Crippen LogP contribution in [0.25, 0.3) is 0 Å². The number of nitrogens with two attached hydrogens (primary N) is 1. The van der Waals surface area contributed by atoms with Crippen molar-refractivity contribution in [3.63, 3.8) is 0 Å². The zero-order valence-electron chi connectivity index (χ0n) is 7.69. The van der Waals surface area contributed by atoms with Gasteiger partial charge in [0.25, 0.3) is 0 Å². The van der Waals surface area contributed by atoms with Gasteiger partial charge in [0, 0.05) is 0 Å². The number of H-pyrrole nitrogens is 1. The van der Waals surface area contributed by atoms with E-state index in [0.29, 0.717) is 5.82 Å². The molecule has 0 spiro atoms. The Hall–Kier alpha value is -1.04. The number of hydrogen-bond acceptors (Lipinski definition) is 5. The van der Waals surface area contributed by atoms with Crippen molar-refractivity contribution in [1.82, 2.24) is 15.0 Å². The highest BCUT2D eigenvalue weighted by Gasteiger charge is 2.18. The van der Waals surface area contributed by atoms with E-state index < -0.39 is 5.69 Å². The van der Waals surface area contributed by atoms with Crippen molar-refractivity contribution in [2.24, 2.45) is 0 Å². The smallest absolute Gasteiger partial charge is 0.349 e. The molecule has 0 aliphatic carbocycles. The second-order valence-electron chi connectivity index (χ2n) is 3.25. The average Bonchev–Trinajstić information content (AvgIpc) is 2.18. The molecule has 1 aromatic heterocycles. The monoisotopic (exact) mass is 212 g/mol. The van der Waals surface area contributed by atoms with E-state index in [-0.39, 0.29) is 11.2 Å². The number of thioether (sulfide) groups is 1. The molecule has 0 bridgehead atoms. The normalized spacial score (nSPS) is 22.1. The van der Waals surface area contributed by atoms with Gasteiger partial charge in [0.15, 0.2) is 0 Å². The standard InChI is InChI=1S/C8H12N4OS/c9-7-10-6(11-8(13)12-7)5-3-1-2-4-14-5/h5H,1-4H2,(H3,9,10,11,12,13). The van der Waals surface area contributed by atoms with Crippen LogP contribution in [0.3, 0.4) is 0 Å². The molecule has 6 heteroatoms. The minimum Gasteiger partial charge on any atom is -0.368 e. The number of aromatic nitrogens is 3. The van der Waals surface area contributed by atoms with Gasteiger partial charge in [-0.1, -0.05) is 6.42 Å². The summed E-state index contributed by atoms with van der Waals surface area (Å²) in [4.78, 5) is 21.2. The molecule has 0 saturated carbocycles. The number of rotatable bonds is 1. The van der Waals surface area contributed by atoms with E-state index in [4.69, 9.17) is 5.73 Å². The summed E-state index contributed by atoms with van der Waals surface area (Å²) in [6, 6.07) is 0. The first-order chi connectivity index (χ1) is 6.75. The Bertz CT molecular complexity index is 372. The largest absolute Gasteiger partial charge is 0.368 e. The van der Waals surface area contributed by atoms with Gasteiger partial charge in [-0.15, -0.1) is 0 Å². The van der Waals surface area contributed by atoms with Gasteiger partial charge >= 0.3 is 5.69 Å². The van der Waals surface area contributed by atoms with Crippen molar-refractivity contribution < 1.29 is 0 Å². The van der Waals surface area contributed by atoms with Crippen LogP contribution in [0.2, 0.25) is 0 Å². The third-order valence-electron chi connectivity index (χ3n) is 2.17. The number of aromatic amines is 1. The SMILES string of the molecule is Nc1nc(C2CCCCS2)[nH]c(=O)n1. The van der Waals surface area contributed by atoms with E-state index in [9.17, 15) is 4.79 Å². The predicted molar refractivity (Wildman–Crippen MR) is 56.1 cm³/mol. The Morgan fingerprint density at radius 2 is 2.29 bits per heavy atom. The van der Waals surface area contributed by atoms with E-state index in [0.717, 1.165) is 12.2 Å². The lowest BCUT2D eigenvalue weighted by atomic mass is 10.2. The second kappa shape index (κ2) is 4.00. The van der Waals surface area contributed by atoms with Gasteiger partial charge in [0.1, 0.15) is 5.82 Å². The Balaban J connectivity index is 2.26. The summed E-state index contributed by atoms with van der Waals surface area (Å²) in [5.74, 6) is 1.86. The van der Waals surface area contributed by atoms with Crippen LogP contribution >= 0.6 is 11.8 Å². The maximum atomic E-state index is 11.1. The highest BCUT2D eigenvalue weighted by atomic mass is 32.2. The lowest BCUT2D eigenvalue weighted by Gasteiger charge is -2.19. The Kier molecular flexibility index (Phi) is 2.72. The molecule has 2 rings (SSSR count). The molecule has 1 aliphatic rings. The predicted octanol–water partition coefficient (Wildman–Crippen LogP) is 0.705. The summed E-state index contributed by atoms with van der Waals surface area (Å²) < 4.78 is 0. The topological polar surface area (TPSA) is 84.7 Å². The molecule has 3 N–H and O–H groups in total. The van der Waals surface area contributed by atoms with Crippen LogP contribution in [0.15, 0.2) is 4.79 Å². The van der Waals surface area contributed by atoms with Crippen LogP contribution in [0.1, 0.15) is 30.3 Å². The highest BCUT2D eigenvalue weighted by Crippen LogP contribution is 2.35. The molecule has 0 amide bonds. The Morgan fingerprint density at radius 3 is 2.93 bits per heavy atom. The van der Waals surface area contributed by atoms with Crippen molar-refractivity contribution in [3.8, 4) is 0 Å². The van der Waals surface area contributed by atoms with E-state index in [1.165, 1.54) is 12.8 Å². The second-order valence-corrected chi connectivity index (χ2v) is 4.56. The fraction of sp³-hybridized carbons (Fsp3) is 0.625. The maximum absolute atomic E-state index is 11.1. The van der Waals surface area contributed by atoms with Gasteiger partial charge in [0.2, 0.25) is 5.95 Å². The first-order valence-electron chi connectivity index (χ1n) is 4.61. The van der Waals surface area contributed by atoms with Gasteiger partial charge in [-0.3, -0.25) is 4.98 Å². The minimum atomic E-state index is -0.404. The van der Waals surface area contributed by atoms with Crippen molar-refractivity contribution in [2.45, 2.75) is 24.5 Å². The fourth-order valence-corrected chi connectivity index (χ4v) is 2.78. The third-order valence-corrected chi connectivity index (χ3v) is 3.56. The van der Waals surface area contributed by atoms with Crippen molar-refractivity contribution in [2.75, 3.05) is 11.5 Å². The van der Waals surface area contributed by atoms with Crippen molar-refractivity contribution in [3.05, 3.63) is 16.3 Å². The lowest BCUT2D eigenvalue weighted by Crippen LogP contribution is -2.19. The summed E-state index contributed by atoms with van der Waals surface area (Å²) in [5.41, 5.74) is 5.01. The van der Waals surface area contributed by atoms with Crippen LogP contribution in [0.4, 0.5) is 5.95 Å². The summed E-state index contributed by atoms with van der Waals surface area (Å²) >= 11 is 1.82. The number of anilines is 1. The molecular formula is C8H12N4OS. The molecule has 76 valence electrons. The van der Waals surface area contributed by atoms with Gasteiger partial charge < -0.3 is 5.73 Å². The van der Waals surface area contributed by atoms with Gasteiger partial charge in [-0.25, -0.2) is 4.79 Å². The summed E-state index contributed by atoms with van der Waals surface area (Å²) in [7, 11) is 0. The molecule has 0 aromatic carbocycles. The molecule has 1 atom stereocenters. The summed E-state index contributed by atoms with van der Waals surface area (Å²) in [6.07, 6.45) is 3.48. The van der Waals surface area contributed by atoms with Gasteiger partial charge in [-0.2, -0.15) is 21.7 Å². The van der Waals surface area contributed by atoms with E-state index in [1.54, 1.807) is 0 Å². The first kappa shape index (κ1) is 9.51. The van der Waals surface area contributed by atoms with Crippen LogP contribution in [-0.4, -0.2) is 20.7 Å². The van der Waals surface area contributed by atoms with E-state index >= 15 is 0 Å². The van der Waals surface area contributed by atoms with Crippen LogP contribution in [0, 0.1) is 0 Å². The molecule has 1 saturated heterocycles. The molecule has 2 heterocycles. The van der Waals surface area contributed by atoms with Gasteiger partial charge in [0.05, 0.1) is 5.25 Å². The molecular weight excluding hydrogens is 200 g/mol. The highest BCUT2D eigenvalue weighted by molar-refractivity contribution is 7.99. The maximum Gasteiger partial charge on any atom is 0.349 e. The van der Waals surface area contributed by atoms with Crippen LogP contribution in [-0.2, 0) is 0 Å². The third kappa shape index (κ3) is 2.06. The van der Waals surface area contributed by atoms with Crippen LogP contribution in [0.5, 0.6) is 0 Å². The summed E-state index contributed by atoms with van der Waals surface area (Å²) in [6.45, 7) is 0. The molecule has 1 aliphatic heterocycles. The van der Waals surface area contributed by atoms with Crippen molar-refractivity contribution >= 4 is 17.7 Å². The molecule has 1 unspecified atom stereocenters. The Morgan fingerprint density at radius 1 is 1.43 bits per heavy atom. The zero-order chi connectivity index (χ0) is 9.97. The lowest BCUT2D eigenvalue weighted by molar-refractivity contribution is 0.656. The number of nitrogens with one attached hydrogen (secondary N) is 1. The minimum absolute atomic E-state index is 0.0647. The first-order valence-corrected chi connectivity index (χ1v) is 5.66. The van der Waals surface area contributed by atoms with Crippen molar-refractivity contribution in [1.29, 1.82) is 0 Å². The summed E-state index contributed by atoms with van der Waals surface area (Å²) in [5, 5.41) is 0.279. The zero-order valence-corrected chi connectivity index (χ0v) is 8.51. The molecule has 14 heavy (non-hydrogen) atoms. The number of hydrogen-bond donors (Lipinski definition) is 2.